The van der Waals surface area contributed by atoms with E-state index in [4.69, 9.17) is 15.2 Å². The van der Waals surface area contributed by atoms with Crippen LogP contribution >= 0.6 is 0 Å². The highest BCUT2D eigenvalue weighted by Gasteiger charge is 2.09. The Morgan fingerprint density at radius 1 is 1.33 bits per heavy atom. The first-order valence-corrected chi connectivity index (χ1v) is 5.72. The minimum atomic E-state index is -0.241. The van der Waals surface area contributed by atoms with Crippen LogP contribution in [0.25, 0.3) is 0 Å². The van der Waals surface area contributed by atoms with Crippen molar-refractivity contribution in [1.29, 1.82) is 0 Å². The Hall–Kier alpha value is -1.91. The van der Waals surface area contributed by atoms with Crippen LogP contribution in [0.5, 0.6) is 11.5 Å². The average molecular weight is 253 g/mol. The molecular formula is C13H19NO4. The van der Waals surface area contributed by atoms with Crippen molar-refractivity contribution in [3.63, 3.8) is 0 Å². The lowest BCUT2D eigenvalue weighted by Crippen LogP contribution is -2.05. The van der Waals surface area contributed by atoms with Gasteiger partial charge in [-0.05, 0) is 25.0 Å². The van der Waals surface area contributed by atoms with Gasteiger partial charge in [-0.1, -0.05) is 0 Å². The molecule has 2 N–H and O–H groups in total. The molecule has 0 bridgehead atoms. The van der Waals surface area contributed by atoms with E-state index in [1.54, 1.807) is 13.2 Å². The maximum Gasteiger partial charge on any atom is 0.305 e. The van der Waals surface area contributed by atoms with Crippen molar-refractivity contribution in [2.75, 3.05) is 26.6 Å². The van der Waals surface area contributed by atoms with Crippen molar-refractivity contribution < 1.29 is 19.0 Å². The van der Waals surface area contributed by atoms with E-state index in [1.165, 1.54) is 7.11 Å². The Morgan fingerprint density at radius 2 is 2.06 bits per heavy atom. The second-order valence-corrected chi connectivity index (χ2v) is 3.90. The van der Waals surface area contributed by atoms with Gasteiger partial charge in [-0.25, -0.2) is 0 Å². The van der Waals surface area contributed by atoms with E-state index in [9.17, 15) is 4.79 Å². The predicted molar refractivity (Wildman–Crippen MR) is 68.9 cm³/mol. The highest BCUT2D eigenvalue weighted by molar-refractivity contribution is 5.69. The van der Waals surface area contributed by atoms with E-state index in [2.05, 4.69) is 4.74 Å². The number of anilines is 1. The topological polar surface area (TPSA) is 70.8 Å². The van der Waals surface area contributed by atoms with Crippen molar-refractivity contribution in [1.82, 2.24) is 0 Å². The van der Waals surface area contributed by atoms with Crippen LogP contribution in [0, 0.1) is 6.92 Å². The number of rotatable bonds is 6. The molecule has 0 spiro atoms. The number of nitrogens with two attached hydrogens (primary N) is 1. The molecule has 0 amide bonds. The normalized spacial score (nSPS) is 9.94. The number of carbonyl (C=O) groups excluding carboxylic acids is 1. The van der Waals surface area contributed by atoms with E-state index in [-0.39, 0.29) is 5.97 Å². The molecule has 0 radical (unpaired) electrons. The van der Waals surface area contributed by atoms with Gasteiger partial charge in [0.2, 0.25) is 0 Å². The van der Waals surface area contributed by atoms with E-state index in [0.29, 0.717) is 36.6 Å². The van der Waals surface area contributed by atoms with Gasteiger partial charge in [0.15, 0.2) is 11.5 Å². The fourth-order valence-corrected chi connectivity index (χ4v) is 1.64. The summed E-state index contributed by atoms with van der Waals surface area (Å²) in [4.78, 5) is 10.9. The van der Waals surface area contributed by atoms with Gasteiger partial charge in [0.05, 0.1) is 20.8 Å². The molecule has 0 saturated heterocycles. The summed E-state index contributed by atoms with van der Waals surface area (Å²) in [6, 6.07) is 3.53. The van der Waals surface area contributed by atoms with Crippen molar-refractivity contribution in [3.8, 4) is 11.5 Å². The third kappa shape index (κ3) is 3.84. The number of hydrogen-bond donors (Lipinski definition) is 1. The van der Waals surface area contributed by atoms with Crippen LogP contribution in [0.2, 0.25) is 0 Å². The van der Waals surface area contributed by atoms with E-state index < -0.39 is 0 Å². The Kier molecular flexibility index (Phi) is 5.30. The molecule has 5 nitrogen and oxygen atoms in total. The number of carbonyl (C=O) groups is 1. The summed E-state index contributed by atoms with van der Waals surface area (Å²) in [5, 5.41) is 0. The maximum absolute atomic E-state index is 10.9. The van der Waals surface area contributed by atoms with Crippen LogP contribution in [-0.2, 0) is 9.53 Å². The summed E-state index contributed by atoms with van der Waals surface area (Å²) < 4.78 is 15.4. The smallest absolute Gasteiger partial charge is 0.305 e. The largest absolute Gasteiger partial charge is 0.493 e. The fraction of sp³-hybridized carbons (Fsp3) is 0.462. The monoisotopic (exact) mass is 253 g/mol. The van der Waals surface area contributed by atoms with Crippen molar-refractivity contribution in [2.24, 2.45) is 0 Å². The SMILES string of the molecule is COC(=O)CCCOc1cc(N)cc(C)c1OC. The molecule has 18 heavy (non-hydrogen) atoms. The fourth-order valence-electron chi connectivity index (χ4n) is 1.64. The van der Waals surface area contributed by atoms with Crippen molar-refractivity contribution >= 4 is 11.7 Å². The number of esters is 1. The van der Waals surface area contributed by atoms with Gasteiger partial charge in [0.25, 0.3) is 0 Å². The number of methoxy groups -OCH3 is 2. The molecule has 0 aliphatic heterocycles. The molecule has 1 aromatic rings. The molecule has 100 valence electrons. The van der Waals surface area contributed by atoms with E-state index >= 15 is 0 Å². The standard InChI is InChI=1S/C13H19NO4/c1-9-7-10(14)8-11(13(9)17-3)18-6-4-5-12(15)16-2/h7-8H,4-6,14H2,1-3H3. The highest BCUT2D eigenvalue weighted by Crippen LogP contribution is 2.33. The summed E-state index contributed by atoms with van der Waals surface area (Å²) in [5.74, 6) is 1.02. The maximum atomic E-state index is 10.9. The Balaban J connectivity index is 2.58. The van der Waals surface area contributed by atoms with Crippen LogP contribution in [0.1, 0.15) is 18.4 Å². The van der Waals surface area contributed by atoms with Crippen molar-refractivity contribution in [2.45, 2.75) is 19.8 Å². The Bertz CT molecular complexity index is 418. The van der Waals surface area contributed by atoms with Gasteiger partial charge in [-0.2, -0.15) is 0 Å². The summed E-state index contributed by atoms with van der Waals surface area (Å²) >= 11 is 0. The van der Waals surface area contributed by atoms with Gasteiger partial charge in [-0.3, -0.25) is 4.79 Å². The summed E-state index contributed by atoms with van der Waals surface area (Å²) in [6.07, 6.45) is 0.920. The van der Waals surface area contributed by atoms with E-state index in [0.717, 1.165) is 5.56 Å². The molecule has 0 fully saturated rings. The molecule has 0 aliphatic carbocycles. The van der Waals surface area contributed by atoms with Gasteiger partial charge < -0.3 is 19.9 Å². The van der Waals surface area contributed by atoms with Crippen LogP contribution in [0.3, 0.4) is 0 Å². The molecule has 0 atom stereocenters. The number of hydrogen-bond acceptors (Lipinski definition) is 5. The quantitative estimate of drug-likeness (QED) is 0.476. The molecular weight excluding hydrogens is 234 g/mol. The number of aryl methyl sites for hydroxylation is 1. The molecule has 5 heteroatoms. The van der Waals surface area contributed by atoms with Crippen LogP contribution < -0.4 is 15.2 Å². The highest BCUT2D eigenvalue weighted by atomic mass is 16.5. The molecule has 0 saturated carbocycles. The molecule has 0 unspecified atom stereocenters. The minimum Gasteiger partial charge on any atom is -0.493 e. The molecule has 1 rings (SSSR count). The van der Waals surface area contributed by atoms with Gasteiger partial charge >= 0.3 is 5.97 Å². The van der Waals surface area contributed by atoms with Crippen LogP contribution in [0.15, 0.2) is 12.1 Å². The minimum absolute atomic E-state index is 0.241. The molecule has 1 aromatic carbocycles. The van der Waals surface area contributed by atoms with Crippen LogP contribution in [0.4, 0.5) is 5.69 Å². The first-order valence-electron chi connectivity index (χ1n) is 5.72. The lowest BCUT2D eigenvalue weighted by Gasteiger charge is -2.13. The second-order valence-electron chi connectivity index (χ2n) is 3.90. The summed E-state index contributed by atoms with van der Waals surface area (Å²) in [6.45, 7) is 2.31. The third-order valence-electron chi connectivity index (χ3n) is 2.48. The number of benzene rings is 1. The lowest BCUT2D eigenvalue weighted by molar-refractivity contribution is -0.140. The van der Waals surface area contributed by atoms with Gasteiger partial charge in [0, 0.05) is 18.2 Å². The zero-order chi connectivity index (χ0) is 13.5. The summed E-state index contributed by atoms with van der Waals surface area (Å²) in [7, 11) is 2.95. The zero-order valence-electron chi connectivity index (χ0n) is 11.0. The first-order chi connectivity index (χ1) is 8.58. The molecule has 0 aliphatic rings. The predicted octanol–water partition coefficient (Wildman–Crippen LogP) is 1.92. The first kappa shape index (κ1) is 14.2. The molecule has 0 aromatic heterocycles. The number of ether oxygens (including phenoxy) is 3. The molecule has 0 heterocycles. The zero-order valence-corrected chi connectivity index (χ0v) is 11.0. The average Bonchev–Trinajstić information content (AvgIpc) is 2.33. The Morgan fingerprint density at radius 3 is 2.67 bits per heavy atom. The summed E-state index contributed by atoms with van der Waals surface area (Å²) in [5.41, 5.74) is 7.29. The number of nitrogen functional groups attached to an aromatic ring is 1. The van der Waals surface area contributed by atoms with E-state index in [1.807, 2.05) is 13.0 Å². The Labute approximate surface area is 107 Å². The van der Waals surface area contributed by atoms with Gasteiger partial charge in [-0.15, -0.1) is 0 Å². The lowest BCUT2D eigenvalue weighted by atomic mass is 10.2. The van der Waals surface area contributed by atoms with Gasteiger partial charge in [0.1, 0.15) is 0 Å². The second kappa shape index (κ2) is 6.74. The van der Waals surface area contributed by atoms with Crippen LogP contribution in [-0.4, -0.2) is 26.8 Å². The third-order valence-corrected chi connectivity index (χ3v) is 2.48. The van der Waals surface area contributed by atoms with Crippen molar-refractivity contribution in [3.05, 3.63) is 17.7 Å².